The zero-order valence-corrected chi connectivity index (χ0v) is 11.9. The summed E-state index contributed by atoms with van der Waals surface area (Å²) in [6.45, 7) is 2.28. The molecule has 0 aromatic carbocycles. The molecule has 0 amide bonds. The minimum atomic E-state index is -0.509. The van der Waals surface area contributed by atoms with Gasteiger partial charge in [-0.25, -0.2) is 9.78 Å². The van der Waals surface area contributed by atoms with Crippen LogP contribution in [0.25, 0.3) is 11.2 Å². The van der Waals surface area contributed by atoms with E-state index in [-0.39, 0.29) is 37.4 Å². The van der Waals surface area contributed by atoms with Crippen LogP contribution in [0.3, 0.4) is 0 Å². The second kappa shape index (κ2) is 5.92. The highest BCUT2D eigenvalue weighted by molar-refractivity contribution is 5.75. The van der Waals surface area contributed by atoms with Crippen LogP contribution in [0.4, 0.5) is 0 Å². The lowest BCUT2D eigenvalue weighted by Gasteiger charge is -2.08. The summed E-state index contributed by atoms with van der Waals surface area (Å²) < 4.78 is 8.52. The summed E-state index contributed by atoms with van der Waals surface area (Å²) in [7, 11) is 1.37. The molecule has 0 spiro atoms. The Morgan fingerprint density at radius 3 is 2.76 bits per heavy atom. The van der Waals surface area contributed by atoms with Gasteiger partial charge in [0.25, 0.3) is 5.56 Å². The highest BCUT2D eigenvalue weighted by Gasteiger charge is 2.17. The number of rotatable bonds is 5. The number of esters is 1. The first kappa shape index (κ1) is 15.0. The molecular formula is C12H17N5O4. The average molecular weight is 295 g/mol. The van der Waals surface area contributed by atoms with E-state index in [1.54, 1.807) is 6.92 Å². The number of carbonyl (C=O) groups is 1. The third-order valence-corrected chi connectivity index (χ3v) is 3.06. The van der Waals surface area contributed by atoms with Crippen LogP contribution in [0.15, 0.2) is 15.9 Å². The zero-order valence-electron chi connectivity index (χ0n) is 11.9. The van der Waals surface area contributed by atoms with Gasteiger partial charge in [-0.1, -0.05) is 0 Å². The number of nitrogens with zero attached hydrogens (tertiary/aromatic N) is 4. The van der Waals surface area contributed by atoms with Crippen molar-refractivity contribution in [1.29, 1.82) is 0 Å². The van der Waals surface area contributed by atoms with Crippen LogP contribution in [0, 0.1) is 0 Å². The molecule has 0 aliphatic rings. The molecule has 21 heavy (non-hydrogen) atoms. The Bertz CT molecular complexity index is 785. The first-order valence-electron chi connectivity index (χ1n) is 6.51. The van der Waals surface area contributed by atoms with Crippen molar-refractivity contribution in [3.8, 4) is 0 Å². The van der Waals surface area contributed by atoms with Gasteiger partial charge in [-0.3, -0.25) is 18.7 Å². The summed E-state index contributed by atoms with van der Waals surface area (Å²) in [5.74, 6) is -0.476. The van der Waals surface area contributed by atoms with Gasteiger partial charge in [0.1, 0.15) is 6.54 Å². The lowest BCUT2D eigenvalue weighted by Crippen LogP contribution is -2.40. The summed E-state index contributed by atoms with van der Waals surface area (Å²) in [5, 5.41) is 0. The Kier molecular flexibility index (Phi) is 4.22. The number of nitrogens with two attached hydrogens (primary N) is 1. The molecule has 114 valence electrons. The number of ether oxygens (including phenoxy) is 1. The number of hydrogen-bond acceptors (Lipinski definition) is 6. The van der Waals surface area contributed by atoms with E-state index in [0.717, 1.165) is 4.57 Å². The van der Waals surface area contributed by atoms with Gasteiger partial charge < -0.3 is 15.0 Å². The summed E-state index contributed by atoms with van der Waals surface area (Å²) in [5.41, 5.74) is 4.88. The van der Waals surface area contributed by atoms with Crippen molar-refractivity contribution in [2.75, 3.05) is 13.2 Å². The molecule has 0 bridgehead atoms. The summed E-state index contributed by atoms with van der Waals surface area (Å²) >= 11 is 0. The van der Waals surface area contributed by atoms with Gasteiger partial charge in [0.15, 0.2) is 11.2 Å². The average Bonchev–Trinajstić information content (AvgIpc) is 2.85. The van der Waals surface area contributed by atoms with Crippen molar-refractivity contribution in [3.63, 3.8) is 0 Å². The van der Waals surface area contributed by atoms with Crippen LogP contribution in [-0.4, -0.2) is 37.8 Å². The molecule has 0 saturated carbocycles. The molecule has 2 aromatic heterocycles. The first-order chi connectivity index (χ1) is 10.0. The van der Waals surface area contributed by atoms with Gasteiger partial charge in [-0.05, 0) is 6.92 Å². The molecule has 2 rings (SSSR count). The lowest BCUT2D eigenvalue weighted by atomic mass is 10.4. The fourth-order valence-corrected chi connectivity index (χ4v) is 2.10. The molecule has 9 nitrogen and oxygen atoms in total. The Labute approximate surface area is 119 Å². The molecule has 0 saturated heterocycles. The van der Waals surface area contributed by atoms with E-state index in [1.165, 1.54) is 22.5 Å². The summed E-state index contributed by atoms with van der Waals surface area (Å²) in [4.78, 5) is 39.9. The number of fused-ring (bicyclic) bond motifs is 1. The first-order valence-corrected chi connectivity index (χ1v) is 6.51. The van der Waals surface area contributed by atoms with Crippen LogP contribution in [-0.2, 0) is 29.7 Å². The fourth-order valence-electron chi connectivity index (χ4n) is 2.10. The SMILES string of the molecule is CCOC(=O)Cn1cnc2c1c(=O)n(C)c(=O)n2CCN. The second-order valence-electron chi connectivity index (χ2n) is 4.44. The van der Waals surface area contributed by atoms with Gasteiger partial charge in [0.05, 0.1) is 12.9 Å². The van der Waals surface area contributed by atoms with Crippen molar-refractivity contribution >= 4 is 17.1 Å². The van der Waals surface area contributed by atoms with Crippen LogP contribution in [0.2, 0.25) is 0 Å². The highest BCUT2D eigenvalue weighted by atomic mass is 16.5. The van der Waals surface area contributed by atoms with Gasteiger partial charge in [-0.15, -0.1) is 0 Å². The predicted octanol–water partition coefficient (Wildman–Crippen LogP) is -1.58. The molecule has 9 heteroatoms. The monoisotopic (exact) mass is 295 g/mol. The van der Waals surface area contributed by atoms with Crippen LogP contribution < -0.4 is 17.0 Å². The Morgan fingerprint density at radius 1 is 1.43 bits per heavy atom. The highest BCUT2D eigenvalue weighted by Crippen LogP contribution is 2.06. The number of carbonyl (C=O) groups excluding carboxylic acids is 1. The third-order valence-electron chi connectivity index (χ3n) is 3.06. The summed E-state index contributed by atoms with van der Waals surface area (Å²) in [6, 6.07) is 0. The van der Waals surface area contributed by atoms with Crippen LogP contribution in [0.1, 0.15) is 6.92 Å². The van der Waals surface area contributed by atoms with E-state index in [4.69, 9.17) is 10.5 Å². The van der Waals surface area contributed by atoms with E-state index in [1.807, 2.05) is 0 Å². The maximum Gasteiger partial charge on any atom is 0.332 e. The molecule has 0 fully saturated rings. The smallest absolute Gasteiger partial charge is 0.332 e. The molecule has 0 radical (unpaired) electrons. The van der Waals surface area contributed by atoms with Crippen LogP contribution >= 0.6 is 0 Å². The van der Waals surface area contributed by atoms with Crippen molar-refractivity contribution in [2.45, 2.75) is 20.0 Å². The number of hydrogen-bond donors (Lipinski definition) is 1. The maximum absolute atomic E-state index is 12.2. The Morgan fingerprint density at radius 2 is 2.14 bits per heavy atom. The normalized spacial score (nSPS) is 11.0. The minimum absolute atomic E-state index is 0.138. The Balaban J connectivity index is 2.64. The summed E-state index contributed by atoms with van der Waals surface area (Å²) in [6.07, 6.45) is 1.34. The van der Waals surface area contributed by atoms with Crippen molar-refractivity contribution < 1.29 is 9.53 Å². The van der Waals surface area contributed by atoms with E-state index in [9.17, 15) is 14.4 Å². The van der Waals surface area contributed by atoms with E-state index in [0.29, 0.717) is 0 Å². The van der Waals surface area contributed by atoms with E-state index in [2.05, 4.69) is 4.98 Å². The molecular weight excluding hydrogens is 278 g/mol. The number of imidazole rings is 1. The van der Waals surface area contributed by atoms with Gasteiger partial charge in [0, 0.05) is 20.1 Å². The molecule has 0 unspecified atom stereocenters. The molecule has 2 aromatic rings. The molecule has 2 heterocycles. The minimum Gasteiger partial charge on any atom is -0.465 e. The van der Waals surface area contributed by atoms with Gasteiger partial charge >= 0.3 is 11.7 Å². The topological polar surface area (TPSA) is 114 Å². The lowest BCUT2D eigenvalue weighted by molar-refractivity contribution is -0.143. The molecule has 0 aliphatic carbocycles. The van der Waals surface area contributed by atoms with Crippen molar-refractivity contribution in [2.24, 2.45) is 12.8 Å². The fraction of sp³-hybridized carbons (Fsp3) is 0.500. The molecule has 2 N–H and O–H groups in total. The zero-order chi connectivity index (χ0) is 15.6. The predicted molar refractivity (Wildman–Crippen MR) is 74.9 cm³/mol. The molecule has 0 aliphatic heterocycles. The standard InChI is InChI=1S/C12H17N5O4/c1-3-21-8(18)6-16-7-14-10-9(16)11(19)15(2)12(20)17(10)5-4-13/h7H,3-6,13H2,1-2H3. The van der Waals surface area contributed by atoms with Crippen LogP contribution in [0.5, 0.6) is 0 Å². The van der Waals surface area contributed by atoms with Gasteiger partial charge in [-0.2, -0.15) is 0 Å². The van der Waals surface area contributed by atoms with E-state index >= 15 is 0 Å². The second-order valence-corrected chi connectivity index (χ2v) is 4.44. The molecule has 0 atom stereocenters. The van der Waals surface area contributed by atoms with Crippen molar-refractivity contribution in [3.05, 3.63) is 27.2 Å². The quantitative estimate of drug-likeness (QED) is 0.666. The van der Waals surface area contributed by atoms with Crippen molar-refractivity contribution in [1.82, 2.24) is 18.7 Å². The maximum atomic E-state index is 12.2. The largest absolute Gasteiger partial charge is 0.465 e. The third kappa shape index (κ3) is 2.59. The Hall–Kier alpha value is -2.42. The number of aromatic nitrogens is 4. The van der Waals surface area contributed by atoms with Gasteiger partial charge in [0.2, 0.25) is 0 Å². The van der Waals surface area contributed by atoms with E-state index < -0.39 is 17.2 Å².